The van der Waals surface area contributed by atoms with Crippen LogP contribution < -0.4 is 5.32 Å². The van der Waals surface area contributed by atoms with E-state index in [1.807, 2.05) is 18.4 Å². The molecule has 0 spiro atoms. The summed E-state index contributed by atoms with van der Waals surface area (Å²) in [5, 5.41) is 13.6. The second-order valence-corrected chi connectivity index (χ2v) is 6.10. The third kappa shape index (κ3) is 3.31. The number of rotatable bonds is 4. The molecule has 1 aliphatic carbocycles. The van der Waals surface area contributed by atoms with Gasteiger partial charge >= 0.3 is 0 Å². The predicted molar refractivity (Wildman–Crippen MR) is 75.6 cm³/mol. The van der Waals surface area contributed by atoms with Gasteiger partial charge < -0.3 is 15.0 Å². The Morgan fingerprint density at radius 3 is 2.74 bits per heavy atom. The van der Waals surface area contributed by atoms with E-state index in [1.165, 1.54) is 0 Å². The summed E-state index contributed by atoms with van der Waals surface area (Å²) in [5.41, 5.74) is -0.184. The normalized spacial score (nSPS) is 17.9. The molecule has 0 unspecified atom stereocenters. The first kappa shape index (κ1) is 14.4. The number of carbonyl (C=O) groups is 1. The first-order chi connectivity index (χ1) is 8.91. The van der Waals surface area contributed by atoms with Crippen molar-refractivity contribution in [3.8, 4) is 0 Å². The lowest BCUT2D eigenvalue weighted by atomic mass is 10.0. The van der Waals surface area contributed by atoms with Crippen LogP contribution in [-0.2, 0) is 0 Å². The number of aliphatic hydroxyl groups is 1. The number of aromatic nitrogens is 1. The summed E-state index contributed by atoms with van der Waals surface area (Å²) in [6.07, 6.45) is 5.34. The van der Waals surface area contributed by atoms with Crippen LogP contribution in [-0.4, -0.2) is 27.7 Å². The van der Waals surface area contributed by atoms with Crippen LogP contribution in [0.2, 0.25) is 5.02 Å². The van der Waals surface area contributed by atoms with Gasteiger partial charge in [-0.3, -0.25) is 4.79 Å². The van der Waals surface area contributed by atoms with Crippen molar-refractivity contribution in [2.75, 3.05) is 6.54 Å². The van der Waals surface area contributed by atoms with Crippen molar-refractivity contribution in [1.29, 1.82) is 0 Å². The zero-order valence-electron chi connectivity index (χ0n) is 11.4. The summed E-state index contributed by atoms with van der Waals surface area (Å²) < 4.78 is 1.84. The molecule has 0 aromatic carbocycles. The molecule has 1 fully saturated rings. The monoisotopic (exact) mass is 284 g/mol. The van der Waals surface area contributed by atoms with E-state index < -0.39 is 5.60 Å². The number of nitrogens with zero attached hydrogens (tertiary/aromatic N) is 1. The van der Waals surface area contributed by atoms with Gasteiger partial charge in [0.05, 0.1) is 10.6 Å². The van der Waals surface area contributed by atoms with Gasteiger partial charge in [-0.05, 0) is 32.8 Å². The molecule has 1 heterocycles. The summed E-state index contributed by atoms with van der Waals surface area (Å²) in [7, 11) is 0. The lowest BCUT2D eigenvalue weighted by Crippen LogP contribution is -2.41. The highest BCUT2D eigenvalue weighted by atomic mass is 35.5. The second kappa shape index (κ2) is 5.55. The van der Waals surface area contributed by atoms with Crippen molar-refractivity contribution in [2.45, 2.75) is 51.2 Å². The van der Waals surface area contributed by atoms with Crippen LogP contribution in [0.4, 0.5) is 0 Å². The average Bonchev–Trinajstić information content (AvgIpc) is 2.93. The predicted octanol–water partition coefficient (Wildman–Crippen LogP) is 2.76. The summed E-state index contributed by atoms with van der Waals surface area (Å²) in [6, 6.07) is 1.83. The Hall–Kier alpha value is -1.00. The first-order valence-corrected chi connectivity index (χ1v) is 7.17. The second-order valence-electron chi connectivity index (χ2n) is 5.66. The molecule has 2 rings (SSSR count). The Morgan fingerprint density at radius 2 is 2.16 bits per heavy atom. The minimum atomic E-state index is -0.727. The molecule has 0 radical (unpaired) electrons. The summed E-state index contributed by atoms with van der Waals surface area (Å²) in [4.78, 5) is 12.2. The van der Waals surface area contributed by atoms with Crippen LogP contribution in [0.3, 0.4) is 0 Å². The molecule has 4 nitrogen and oxygen atoms in total. The third-order valence-electron chi connectivity index (χ3n) is 3.72. The SMILES string of the molecule is CC(C)n1cc(Cl)cc1C(=O)NCC1(O)CCCC1. The van der Waals surface area contributed by atoms with Crippen molar-refractivity contribution in [1.82, 2.24) is 9.88 Å². The first-order valence-electron chi connectivity index (χ1n) is 6.79. The lowest BCUT2D eigenvalue weighted by Gasteiger charge is -2.22. The molecular formula is C14H21ClN2O2. The average molecular weight is 285 g/mol. The summed E-state index contributed by atoms with van der Waals surface area (Å²) in [6.45, 7) is 4.31. The maximum absolute atomic E-state index is 12.2. The van der Waals surface area contributed by atoms with Crippen LogP contribution in [0.15, 0.2) is 12.3 Å². The van der Waals surface area contributed by atoms with E-state index in [2.05, 4.69) is 5.32 Å². The Morgan fingerprint density at radius 1 is 1.53 bits per heavy atom. The van der Waals surface area contributed by atoms with Crippen molar-refractivity contribution in [3.63, 3.8) is 0 Å². The van der Waals surface area contributed by atoms with Gasteiger partial charge in [-0.15, -0.1) is 0 Å². The van der Waals surface area contributed by atoms with Crippen LogP contribution >= 0.6 is 11.6 Å². The highest BCUT2D eigenvalue weighted by molar-refractivity contribution is 6.31. The topological polar surface area (TPSA) is 54.3 Å². The number of hydrogen-bond acceptors (Lipinski definition) is 2. The van der Waals surface area contributed by atoms with E-state index in [9.17, 15) is 9.90 Å². The molecule has 1 aliphatic rings. The molecule has 0 saturated heterocycles. The van der Waals surface area contributed by atoms with Gasteiger partial charge in [0, 0.05) is 18.8 Å². The number of carbonyl (C=O) groups excluding carboxylic acids is 1. The molecule has 1 amide bonds. The zero-order chi connectivity index (χ0) is 14.0. The molecule has 1 saturated carbocycles. The Bertz CT molecular complexity index is 462. The van der Waals surface area contributed by atoms with Gasteiger partial charge in [0.2, 0.25) is 0 Å². The highest BCUT2D eigenvalue weighted by Crippen LogP contribution is 2.28. The molecule has 0 atom stereocenters. The quantitative estimate of drug-likeness (QED) is 0.893. The molecule has 106 valence electrons. The minimum Gasteiger partial charge on any atom is -0.388 e. The number of hydrogen-bond donors (Lipinski definition) is 2. The summed E-state index contributed by atoms with van der Waals surface area (Å²) in [5.74, 6) is -0.180. The Balaban J connectivity index is 2.03. The van der Waals surface area contributed by atoms with Gasteiger partial charge in [0.25, 0.3) is 5.91 Å². The van der Waals surface area contributed by atoms with Gasteiger partial charge in [0.1, 0.15) is 5.69 Å². The van der Waals surface area contributed by atoms with Crippen molar-refractivity contribution in [2.24, 2.45) is 0 Å². The van der Waals surface area contributed by atoms with E-state index in [1.54, 1.807) is 12.3 Å². The molecule has 1 aromatic heterocycles. The van der Waals surface area contributed by atoms with Gasteiger partial charge in [-0.25, -0.2) is 0 Å². The molecule has 19 heavy (non-hydrogen) atoms. The minimum absolute atomic E-state index is 0.169. The Kier molecular flexibility index (Phi) is 4.21. The fourth-order valence-corrected chi connectivity index (χ4v) is 2.81. The van der Waals surface area contributed by atoms with E-state index in [0.29, 0.717) is 17.3 Å². The fraction of sp³-hybridized carbons (Fsp3) is 0.643. The fourth-order valence-electron chi connectivity index (χ4n) is 2.60. The van der Waals surface area contributed by atoms with Crippen LogP contribution in [0.5, 0.6) is 0 Å². The largest absolute Gasteiger partial charge is 0.388 e. The van der Waals surface area contributed by atoms with Crippen LogP contribution in [0.1, 0.15) is 56.1 Å². The van der Waals surface area contributed by atoms with Crippen LogP contribution in [0, 0.1) is 0 Å². The molecule has 0 bridgehead atoms. The maximum Gasteiger partial charge on any atom is 0.268 e. The number of amides is 1. The number of nitrogens with one attached hydrogen (secondary N) is 1. The van der Waals surface area contributed by atoms with E-state index in [4.69, 9.17) is 11.6 Å². The van der Waals surface area contributed by atoms with Gasteiger partial charge in [-0.2, -0.15) is 0 Å². The summed E-state index contributed by atoms with van der Waals surface area (Å²) >= 11 is 5.96. The molecule has 5 heteroatoms. The van der Waals surface area contributed by atoms with Crippen molar-refractivity contribution >= 4 is 17.5 Å². The Labute approximate surface area is 118 Å². The molecular weight excluding hydrogens is 264 g/mol. The lowest BCUT2D eigenvalue weighted by molar-refractivity contribution is 0.0447. The van der Waals surface area contributed by atoms with Gasteiger partial charge in [0.15, 0.2) is 0 Å². The highest BCUT2D eigenvalue weighted by Gasteiger charge is 2.31. The third-order valence-corrected chi connectivity index (χ3v) is 3.92. The molecule has 2 N–H and O–H groups in total. The van der Waals surface area contributed by atoms with Crippen molar-refractivity contribution in [3.05, 3.63) is 23.0 Å². The zero-order valence-corrected chi connectivity index (χ0v) is 12.2. The van der Waals surface area contributed by atoms with E-state index in [0.717, 1.165) is 25.7 Å². The molecule has 0 aliphatic heterocycles. The van der Waals surface area contributed by atoms with Gasteiger partial charge in [-0.1, -0.05) is 24.4 Å². The van der Waals surface area contributed by atoms with Crippen LogP contribution in [0.25, 0.3) is 0 Å². The van der Waals surface area contributed by atoms with Crippen molar-refractivity contribution < 1.29 is 9.90 Å². The van der Waals surface area contributed by atoms with E-state index >= 15 is 0 Å². The standard InChI is InChI=1S/C14H21ClN2O2/c1-10(2)17-8-11(15)7-12(17)13(18)16-9-14(19)5-3-4-6-14/h7-8,10,19H,3-6,9H2,1-2H3,(H,16,18). The van der Waals surface area contributed by atoms with E-state index in [-0.39, 0.29) is 11.9 Å². The smallest absolute Gasteiger partial charge is 0.268 e. The molecule has 1 aromatic rings. The maximum atomic E-state index is 12.2. The number of halogens is 1.